The van der Waals surface area contributed by atoms with Crippen LogP contribution in [0, 0.1) is 20.8 Å². The van der Waals surface area contributed by atoms with Crippen molar-refractivity contribution in [1.82, 2.24) is 9.13 Å². The minimum absolute atomic E-state index is 0.0604. The Morgan fingerprint density at radius 1 is 1.16 bits per heavy atom. The largest absolute Gasteiger partial charge is 0.481 e. The number of fused-ring (bicyclic) bond motifs is 1. The average Bonchev–Trinajstić information content (AvgIpc) is 2.96. The molecule has 3 rings (SSSR count). The SMILES string of the molecule is Cc1ccc(S(=O)(=O)N=c2c3c(SCCCCC(=O)O)sc(C)c(C)n-3c(=O)n2C)cc1. The molecule has 0 unspecified atom stereocenters. The molecule has 0 aliphatic carbocycles. The Hall–Kier alpha value is -2.37. The molecule has 11 heteroatoms. The van der Waals surface area contributed by atoms with Gasteiger partial charge in [0.15, 0.2) is 5.49 Å². The average molecular weight is 496 g/mol. The number of benzene rings is 1. The second kappa shape index (κ2) is 9.63. The molecule has 0 saturated carbocycles. The van der Waals surface area contributed by atoms with E-state index in [0.29, 0.717) is 24.3 Å². The van der Waals surface area contributed by atoms with Crippen molar-refractivity contribution in [2.24, 2.45) is 11.4 Å². The van der Waals surface area contributed by atoms with Crippen molar-refractivity contribution >= 4 is 39.1 Å². The number of unbranched alkanes of at least 4 members (excludes halogenated alkanes) is 1. The number of hydrogen-bond acceptors (Lipinski definition) is 6. The number of aryl methyl sites for hydroxylation is 2. The van der Waals surface area contributed by atoms with E-state index in [0.717, 1.165) is 20.3 Å². The van der Waals surface area contributed by atoms with E-state index in [9.17, 15) is 18.0 Å². The molecule has 32 heavy (non-hydrogen) atoms. The van der Waals surface area contributed by atoms with Crippen LogP contribution in [0.3, 0.4) is 0 Å². The summed E-state index contributed by atoms with van der Waals surface area (Å²) in [6.07, 6.45) is 1.34. The summed E-state index contributed by atoms with van der Waals surface area (Å²) in [5, 5.41) is 8.81. The van der Waals surface area contributed by atoms with Crippen molar-refractivity contribution in [3.63, 3.8) is 0 Å². The molecule has 2 heterocycles. The Bertz CT molecular complexity index is 1350. The fourth-order valence-electron chi connectivity index (χ4n) is 3.13. The summed E-state index contributed by atoms with van der Waals surface area (Å²) in [6, 6.07) is 6.40. The summed E-state index contributed by atoms with van der Waals surface area (Å²) in [5.74, 6) is -0.182. The van der Waals surface area contributed by atoms with Gasteiger partial charge in [0.05, 0.1) is 9.10 Å². The Morgan fingerprint density at radius 3 is 2.44 bits per heavy atom. The summed E-state index contributed by atoms with van der Waals surface area (Å²) in [4.78, 5) is 24.7. The zero-order valence-corrected chi connectivity index (χ0v) is 20.7. The fraction of sp³-hybridized carbons (Fsp3) is 0.381. The van der Waals surface area contributed by atoms with Crippen molar-refractivity contribution in [1.29, 1.82) is 0 Å². The molecule has 1 aromatic carbocycles. The van der Waals surface area contributed by atoms with Gasteiger partial charge in [0, 0.05) is 24.0 Å². The minimum Gasteiger partial charge on any atom is -0.481 e. The maximum atomic E-state index is 13.0. The first-order valence-corrected chi connectivity index (χ1v) is 13.2. The number of nitrogens with zero attached hydrogens (tertiary/aromatic N) is 3. The minimum atomic E-state index is -4.03. The topological polar surface area (TPSA) is 111 Å². The van der Waals surface area contributed by atoms with Gasteiger partial charge in [0.2, 0.25) is 0 Å². The molecule has 172 valence electrons. The highest BCUT2D eigenvalue weighted by molar-refractivity contribution is 8.01. The monoisotopic (exact) mass is 495 g/mol. The molecule has 0 radical (unpaired) electrons. The standard InChI is InChI=1S/C21H25N3O5S3/c1-13-8-10-16(11-9-13)32(28,29)22-19-18-20(30-12-6-5-7-17(25)26)31-15(3)14(2)24(18)21(27)23(19)4/h8-11H,5-7,12H2,1-4H3,(H,25,26). The van der Waals surface area contributed by atoms with Gasteiger partial charge in [-0.25, -0.2) is 4.79 Å². The lowest BCUT2D eigenvalue weighted by Gasteiger charge is -2.13. The van der Waals surface area contributed by atoms with Crippen molar-refractivity contribution in [2.45, 2.75) is 49.1 Å². The van der Waals surface area contributed by atoms with Gasteiger partial charge in [-0.3, -0.25) is 13.9 Å². The summed E-state index contributed by atoms with van der Waals surface area (Å²) in [6.45, 7) is 5.60. The van der Waals surface area contributed by atoms with Gasteiger partial charge in [0.25, 0.3) is 10.0 Å². The molecular formula is C21H25N3O5S3. The normalized spacial score (nSPS) is 12.6. The van der Waals surface area contributed by atoms with E-state index in [2.05, 4.69) is 4.40 Å². The van der Waals surface area contributed by atoms with E-state index in [1.54, 1.807) is 12.1 Å². The van der Waals surface area contributed by atoms with Gasteiger partial charge in [0.1, 0.15) is 5.69 Å². The Labute approximate surface area is 194 Å². The quantitative estimate of drug-likeness (QED) is 0.379. The van der Waals surface area contributed by atoms with Gasteiger partial charge in [-0.15, -0.1) is 27.5 Å². The smallest absolute Gasteiger partial charge is 0.334 e. The van der Waals surface area contributed by atoms with Crippen molar-refractivity contribution in [3.8, 4) is 5.69 Å². The predicted octanol–water partition coefficient (Wildman–Crippen LogP) is 3.24. The van der Waals surface area contributed by atoms with E-state index >= 15 is 0 Å². The number of imidazole rings is 1. The Morgan fingerprint density at radius 2 is 1.81 bits per heavy atom. The number of aliphatic carboxylic acids is 1. The van der Waals surface area contributed by atoms with Crippen LogP contribution in [-0.4, -0.2) is 34.4 Å². The molecule has 8 nitrogen and oxygen atoms in total. The number of aromatic nitrogens is 2. The van der Waals surface area contributed by atoms with E-state index < -0.39 is 16.0 Å². The summed E-state index contributed by atoms with van der Waals surface area (Å²) < 4.78 is 33.6. The number of carboxylic acids is 1. The van der Waals surface area contributed by atoms with Crippen LogP contribution in [0.1, 0.15) is 35.4 Å². The van der Waals surface area contributed by atoms with Gasteiger partial charge in [-0.2, -0.15) is 8.42 Å². The molecule has 1 aromatic rings. The zero-order chi connectivity index (χ0) is 23.6. The second-order valence-electron chi connectivity index (χ2n) is 7.46. The van der Waals surface area contributed by atoms with Crippen LogP contribution in [0.25, 0.3) is 5.69 Å². The second-order valence-corrected chi connectivity index (χ2v) is 11.7. The molecule has 1 N–H and O–H groups in total. The Balaban J connectivity index is 2.13. The van der Waals surface area contributed by atoms with E-state index in [1.807, 2.05) is 20.8 Å². The predicted molar refractivity (Wildman–Crippen MR) is 126 cm³/mol. The molecule has 0 saturated heterocycles. The van der Waals surface area contributed by atoms with Crippen molar-refractivity contribution in [2.75, 3.05) is 5.75 Å². The van der Waals surface area contributed by atoms with Crippen LogP contribution in [0.2, 0.25) is 0 Å². The van der Waals surface area contributed by atoms with E-state index in [1.165, 1.54) is 51.4 Å². The third kappa shape index (κ3) is 5.00. The van der Waals surface area contributed by atoms with Gasteiger partial charge >= 0.3 is 11.7 Å². The number of thioether (sulfide) groups is 1. The van der Waals surface area contributed by atoms with Crippen molar-refractivity contribution < 1.29 is 18.3 Å². The Kier molecular flexibility index (Phi) is 7.31. The van der Waals surface area contributed by atoms with Crippen LogP contribution >= 0.6 is 23.1 Å². The molecule has 0 fully saturated rings. The first-order valence-electron chi connectivity index (χ1n) is 9.97. The molecule has 2 aliphatic rings. The van der Waals surface area contributed by atoms with Crippen LogP contribution in [-0.2, 0) is 21.9 Å². The zero-order valence-electron chi connectivity index (χ0n) is 18.3. The molecule has 0 bridgehead atoms. The number of hydrogen-bond donors (Lipinski definition) is 1. The first-order chi connectivity index (χ1) is 15.0. The lowest BCUT2D eigenvalue weighted by atomic mass is 10.2. The van der Waals surface area contributed by atoms with Crippen LogP contribution in [0.4, 0.5) is 0 Å². The lowest BCUT2D eigenvalue weighted by molar-refractivity contribution is -0.137. The van der Waals surface area contributed by atoms with Crippen LogP contribution in [0.15, 0.2) is 42.6 Å². The third-order valence-electron chi connectivity index (χ3n) is 5.06. The van der Waals surface area contributed by atoms with E-state index in [4.69, 9.17) is 5.11 Å². The molecule has 0 amide bonds. The van der Waals surface area contributed by atoms with Gasteiger partial charge in [-0.1, -0.05) is 17.7 Å². The number of rotatable bonds is 8. The highest BCUT2D eigenvalue weighted by atomic mass is 32.2. The van der Waals surface area contributed by atoms with Crippen molar-refractivity contribution in [3.05, 3.63) is 56.4 Å². The van der Waals surface area contributed by atoms with E-state index in [-0.39, 0.29) is 22.5 Å². The molecule has 2 aliphatic heterocycles. The highest BCUT2D eigenvalue weighted by Gasteiger charge is 2.24. The van der Waals surface area contributed by atoms with Crippen LogP contribution in [0.5, 0.6) is 0 Å². The summed E-state index contributed by atoms with van der Waals surface area (Å²) in [7, 11) is -2.51. The third-order valence-corrected chi connectivity index (χ3v) is 8.87. The fourth-order valence-corrected chi connectivity index (χ4v) is 6.66. The molecule has 0 aromatic heterocycles. The molecule has 0 spiro atoms. The summed E-state index contributed by atoms with van der Waals surface area (Å²) in [5.41, 5.74) is 1.85. The molecule has 0 atom stereocenters. The molecular weight excluding hydrogens is 470 g/mol. The highest BCUT2D eigenvalue weighted by Crippen LogP contribution is 2.33. The maximum Gasteiger partial charge on any atom is 0.334 e. The first kappa shape index (κ1) is 24.3. The number of sulfonamides is 1. The number of carbonyl (C=O) groups is 1. The van der Waals surface area contributed by atoms with Gasteiger partial charge in [-0.05, 0) is 51.5 Å². The number of carboxylic acid groups (broad SMARTS) is 1. The lowest BCUT2D eigenvalue weighted by Crippen LogP contribution is -2.25. The summed E-state index contributed by atoms with van der Waals surface area (Å²) >= 11 is 2.96. The van der Waals surface area contributed by atoms with Gasteiger partial charge < -0.3 is 5.11 Å². The maximum absolute atomic E-state index is 13.0. The van der Waals surface area contributed by atoms with Crippen LogP contribution < -0.4 is 11.2 Å².